The first kappa shape index (κ1) is 15.7. The second-order valence-electron chi connectivity index (χ2n) is 6.21. The predicted molar refractivity (Wildman–Crippen MR) is 94.1 cm³/mol. The first-order chi connectivity index (χ1) is 12.2. The van der Waals surface area contributed by atoms with Crippen LogP contribution < -0.4 is 15.0 Å². The van der Waals surface area contributed by atoms with Gasteiger partial charge in [0.25, 0.3) is 5.56 Å². The van der Waals surface area contributed by atoms with Crippen LogP contribution in [-0.4, -0.2) is 40.6 Å². The van der Waals surface area contributed by atoms with E-state index >= 15 is 0 Å². The SMILES string of the molecule is CN(Cc1cc(=O)n2ccccc2n1)C[C@@H]1COc2ccccc2O1. The standard InChI is InChI=1S/C19H19N3O3/c1-21(12-15-13-24-16-6-2-3-7-17(16)25-15)11-14-10-19(23)22-9-5-4-8-18(22)20-14/h2-10,15H,11-13H2,1H3/t15-/m1/s1. The summed E-state index contributed by atoms with van der Waals surface area (Å²) in [6, 6.07) is 14.8. The fourth-order valence-electron chi connectivity index (χ4n) is 3.03. The zero-order valence-corrected chi connectivity index (χ0v) is 14.0. The molecule has 128 valence electrons. The number of hydrogen-bond acceptors (Lipinski definition) is 5. The molecule has 0 fully saturated rings. The summed E-state index contributed by atoms with van der Waals surface area (Å²) in [5.41, 5.74) is 1.33. The van der Waals surface area contributed by atoms with Crippen molar-refractivity contribution in [2.24, 2.45) is 0 Å². The minimum Gasteiger partial charge on any atom is -0.486 e. The van der Waals surface area contributed by atoms with E-state index in [-0.39, 0.29) is 11.7 Å². The highest BCUT2D eigenvalue weighted by atomic mass is 16.6. The summed E-state index contributed by atoms with van der Waals surface area (Å²) in [6.07, 6.45) is 1.67. The molecule has 0 N–H and O–H groups in total. The number of nitrogens with zero attached hydrogens (tertiary/aromatic N) is 3. The van der Waals surface area contributed by atoms with Crippen molar-refractivity contribution in [2.45, 2.75) is 12.6 Å². The van der Waals surface area contributed by atoms with Crippen LogP contribution in [0.25, 0.3) is 5.65 Å². The van der Waals surface area contributed by atoms with Crippen molar-refractivity contribution < 1.29 is 9.47 Å². The maximum atomic E-state index is 12.2. The van der Waals surface area contributed by atoms with Gasteiger partial charge in [0.1, 0.15) is 18.4 Å². The zero-order valence-electron chi connectivity index (χ0n) is 14.0. The first-order valence-electron chi connectivity index (χ1n) is 8.23. The summed E-state index contributed by atoms with van der Waals surface area (Å²) >= 11 is 0. The van der Waals surface area contributed by atoms with E-state index < -0.39 is 0 Å². The van der Waals surface area contributed by atoms with E-state index in [0.717, 1.165) is 17.2 Å². The van der Waals surface area contributed by atoms with E-state index in [1.165, 1.54) is 0 Å². The molecule has 0 saturated carbocycles. The molecule has 0 radical (unpaired) electrons. The molecule has 0 amide bonds. The average Bonchev–Trinajstić information content (AvgIpc) is 2.61. The molecule has 1 aliphatic heterocycles. The molecule has 2 aromatic heterocycles. The Balaban J connectivity index is 1.44. The van der Waals surface area contributed by atoms with E-state index in [9.17, 15) is 4.79 Å². The lowest BCUT2D eigenvalue weighted by Gasteiger charge is -2.29. The molecule has 0 aliphatic carbocycles. The molecule has 1 aromatic carbocycles. The average molecular weight is 337 g/mol. The van der Waals surface area contributed by atoms with Gasteiger partial charge in [-0.05, 0) is 31.3 Å². The smallest absolute Gasteiger partial charge is 0.258 e. The molecule has 25 heavy (non-hydrogen) atoms. The summed E-state index contributed by atoms with van der Waals surface area (Å²) in [6.45, 7) is 1.77. The number of para-hydroxylation sites is 2. The van der Waals surface area contributed by atoms with E-state index in [4.69, 9.17) is 9.47 Å². The Hall–Kier alpha value is -2.86. The Morgan fingerprint density at radius 3 is 2.88 bits per heavy atom. The van der Waals surface area contributed by atoms with Gasteiger partial charge in [-0.2, -0.15) is 0 Å². The molecule has 6 heteroatoms. The molecule has 0 spiro atoms. The molecule has 0 bridgehead atoms. The highest BCUT2D eigenvalue weighted by Gasteiger charge is 2.22. The van der Waals surface area contributed by atoms with Crippen LogP contribution in [0.5, 0.6) is 11.5 Å². The van der Waals surface area contributed by atoms with Gasteiger partial charge in [-0.1, -0.05) is 18.2 Å². The highest BCUT2D eigenvalue weighted by molar-refractivity contribution is 5.40. The monoisotopic (exact) mass is 337 g/mol. The molecular formula is C19H19N3O3. The quantitative estimate of drug-likeness (QED) is 0.728. The molecule has 4 rings (SSSR count). The van der Waals surface area contributed by atoms with Crippen molar-refractivity contribution in [1.82, 2.24) is 14.3 Å². The van der Waals surface area contributed by atoms with Crippen LogP contribution in [0.2, 0.25) is 0 Å². The maximum Gasteiger partial charge on any atom is 0.258 e. The van der Waals surface area contributed by atoms with Crippen molar-refractivity contribution in [2.75, 3.05) is 20.2 Å². The Bertz CT molecular complexity index is 954. The number of hydrogen-bond donors (Lipinski definition) is 0. The number of pyridine rings is 1. The number of ether oxygens (including phenoxy) is 2. The minimum absolute atomic E-state index is 0.0542. The van der Waals surface area contributed by atoms with E-state index in [1.54, 1.807) is 16.7 Å². The second-order valence-corrected chi connectivity index (χ2v) is 6.21. The third-order valence-corrected chi connectivity index (χ3v) is 4.14. The molecule has 6 nitrogen and oxygen atoms in total. The summed E-state index contributed by atoms with van der Waals surface area (Å²) in [5, 5.41) is 0. The molecule has 1 aliphatic rings. The van der Waals surface area contributed by atoms with Gasteiger partial charge in [0.05, 0.1) is 5.69 Å². The van der Waals surface area contributed by atoms with Gasteiger partial charge in [-0.25, -0.2) is 4.98 Å². The third-order valence-electron chi connectivity index (χ3n) is 4.14. The Morgan fingerprint density at radius 1 is 1.20 bits per heavy atom. The van der Waals surface area contributed by atoms with E-state index in [0.29, 0.717) is 25.3 Å². The number of rotatable bonds is 4. The highest BCUT2D eigenvalue weighted by Crippen LogP contribution is 2.30. The van der Waals surface area contributed by atoms with Crippen LogP contribution in [-0.2, 0) is 6.54 Å². The fourth-order valence-corrected chi connectivity index (χ4v) is 3.03. The second kappa shape index (κ2) is 6.57. The summed E-state index contributed by atoms with van der Waals surface area (Å²) in [5.74, 6) is 1.56. The largest absolute Gasteiger partial charge is 0.486 e. The molecule has 0 saturated heterocycles. The van der Waals surface area contributed by atoms with Crippen LogP contribution in [0.15, 0.2) is 59.5 Å². The van der Waals surface area contributed by atoms with Crippen molar-refractivity contribution in [3.05, 3.63) is 70.8 Å². The molecule has 3 aromatic rings. The molecule has 1 atom stereocenters. The number of benzene rings is 1. The summed E-state index contributed by atoms with van der Waals surface area (Å²) < 4.78 is 13.3. The Labute approximate surface area is 145 Å². The lowest BCUT2D eigenvalue weighted by atomic mass is 10.2. The summed E-state index contributed by atoms with van der Waals surface area (Å²) in [7, 11) is 1.98. The topological polar surface area (TPSA) is 56.1 Å². The van der Waals surface area contributed by atoms with Crippen LogP contribution in [0, 0.1) is 0 Å². The van der Waals surface area contributed by atoms with Crippen LogP contribution in [0.3, 0.4) is 0 Å². The maximum absolute atomic E-state index is 12.2. The van der Waals surface area contributed by atoms with Crippen LogP contribution >= 0.6 is 0 Å². The minimum atomic E-state index is -0.0693. The number of aromatic nitrogens is 2. The van der Waals surface area contributed by atoms with Gasteiger partial charge in [0, 0.05) is 25.4 Å². The Morgan fingerprint density at radius 2 is 2.00 bits per heavy atom. The van der Waals surface area contributed by atoms with Crippen molar-refractivity contribution in [3.8, 4) is 11.5 Å². The predicted octanol–water partition coefficient (Wildman–Crippen LogP) is 1.97. The first-order valence-corrected chi connectivity index (χ1v) is 8.23. The summed E-state index contributed by atoms with van der Waals surface area (Å²) in [4.78, 5) is 18.8. The van der Waals surface area contributed by atoms with Gasteiger partial charge in [-0.3, -0.25) is 14.1 Å². The van der Waals surface area contributed by atoms with Crippen molar-refractivity contribution in [3.63, 3.8) is 0 Å². The van der Waals surface area contributed by atoms with Crippen molar-refractivity contribution in [1.29, 1.82) is 0 Å². The Kier molecular flexibility index (Phi) is 4.11. The third kappa shape index (κ3) is 3.34. The fraction of sp³-hybridized carbons (Fsp3) is 0.263. The van der Waals surface area contributed by atoms with Crippen molar-refractivity contribution >= 4 is 5.65 Å². The van der Waals surface area contributed by atoms with Gasteiger partial charge in [0.2, 0.25) is 0 Å². The zero-order chi connectivity index (χ0) is 17.2. The van der Waals surface area contributed by atoms with Gasteiger partial charge in [-0.15, -0.1) is 0 Å². The van der Waals surface area contributed by atoms with Gasteiger partial charge < -0.3 is 9.47 Å². The van der Waals surface area contributed by atoms with Crippen LogP contribution in [0.4, 0.5) is 0 Å². The lowest BCUT2D eigenvalue weighted by molar-refractivity contribution is 0.0635. The molecule has 0 unspecified atom stereocenters. The van der Waals surface area contributed by atoms with Gasteiger partial charge in [0.15, 0.2) is 11.5 Å². The number of likely N-dealkylation sites (N-methyl/N-ethyl adjacent to an activating group) is 1. The molecular weight excluding hydrogens is 318 g/mol. The molecule has 3 heterocycles. The number of fused-ring (bicyclic) bond motifs is 2. The lowest BCUT2D eigenvalue weighted by Crippen LogP contribution is -2.39. The van der Waals surface area contributed by atoms with E-state index in [2.05, 4.69) is 9.88 Å². The van der Waals surface area contributed by atoms with E-state index in [1.807, 2.05) is 49.5 Å². The van der Waals surface area contributed by atoms with Gasteiger partial charge >= 0.3 is 0 Å². The normalized spacial score (nSPS) is 16.3. The van der Waals surface area contributed by atoms with Crippen LogP contribution in [0.1, 0.15) is 5.69 Å².